The summed E-state index contributed by atoms with van der Waals surface area (Å²) in [7, 11) is -1.44. The van der Waals surface area contributed by atoms with Gasteiger partial charge >= 0.3 is 12.0 Å². The fourth-order valence-electron chi connectivity index (χ4n) is 5.06. The molecule has 2 aromatic rings. The number of carbonyl (C=O) groups excluding carboxylic acids is 2. The molecular weight excluding hydrogens is 547 g/mol. The highest BCUT2D eigenvalue weighted by Gasteiger charge is 2.30. The Labute approximate surface area is 237 Å². The van der Waals surface area contributed by atoms with Gasteiger partial charge < -0.3 is 15.0 Å². The molecule has 0 spiro atoms. The molecule has 0 unspecified atom stereocenters. The molecule has 2 aliphatic heterocycles. The summed E-state index contributed by atoms with van der Waals surface area (Å²) >= 11 is 0. The molecule has 2 fully saturated rings. The molecule has 9 nitrogen and oxygen atoms in total. The Bertz CT molecular complexity index is 1140. The minimum absolute atomic E-state index is 0. The van der Waals surface area contributed by atoms with Crippen molar-refractivity contribution in [3.8, 4) is 0 Å². The Morgan fingerprint density at radius 1 is 1.08 bits per heavy atom. The third kappa shape index (κ3) is 8.06. The summed E-state index contributed by atoms with van der Waals surface area (Å²) in [5.74, 6) is -1.01. The standard InChI is InChI=1S/C27H37FN4O5S.ClH/c1-19-15-30(16-20(2)29-19)17-21-4-8-24(9-5-21)32(27(34)31-10-12-38(35,36)13-11-31)18-23-7-6-22(14-25(23)28)26(33)37-3;/h4-9,14,19-20,29,35-36H,10-13,15-18H2,1-3H3;1H/t19-,20+;. The maximum atomic E-state index is 15.0. The van der Waals surface area contributed by atoms with Gasteiger partial charge in [-0.2, -0.15) is 10.6 Å². The fraction of sp³-hybridized carbons (Fsp3) is 0.481. The van der Waals surface area contributed by atoms with Crippen LogP contribution in [0.3, 0.4) is 0 Å². The molecule has 2 aromatic carbocycles. The summed E-state index contributed by atoms with van der Waals surface area (Å²) in [4.78, 5) is 30.9. The summed E-state index contributed by atoms with van der Waals surface area (Å²) in [5, 5.41) is 3.53. The highest BCUT2D eigenvalue weighted by atomic mass is 35.5. The Kier molecular flexibility index (Phi) is 10.6. The van der Waals surface area contributed by atoms with E-state index in [2.05, 4.69) is 28.8 Å². The molecule has 2 aliphatic rings. The van der Waals surface area contributed by atoms with Crippen molar-refractivity contribution in [1.82, 2.24) is 15.1 Å². The molecule has 2 heterocycles. The summed E-state index contributed by atoms with van der Waals surface area (Å²) < 4.78 is 39.6. The molecule has 0 aliphatic carbocycles. The van der Waals surface area contributed by atoms with Crippen LogP contribution in [0, 0.1) is 5.82 Å². The number of amides is 2. The first kappa shape index (κ1) is 31.1. The van der Waals surface area contributed by atoms with E-state index in [0.717, 1.165) is 31.3 Å². The summed E-state index contributed by atoms with van der Waals surface area (Å²) in [6, 6.07) is 12.2. The highest BCUT2D eigenvalue weighted by Crippen LogP contribution is 2.40. The van der Waals surface area contributed by atoms with Crippen molar-refractivity contribution in [2.45, 2.75) is 39.0 Å². The number of rotatable bonds is 6. The number of esters is 1. The molecule has 0 aromatic heterocycles. The number of benzene rings is 2. The summed E-state index contributed by atoms with van der Waals surface area (Å²) in [6.07, 6.45) is 0. The second-order valence-corrected chi connectivity index (χ2v) is 12.6. The van der Waals surface area contributed by atoms with Crippen LogP contribution in [0.25, 0.3) is 0 Å². The quantitative estimate of drug-likeness (QED) is 0.432. The van der Waals surface area contributed by atoms with E-state index in [1.165, 1.54) is 24.1 Å². The lowest BCUT2D eigenvalue weighted by molar-refractivity contribution is 0.0600. The summed E-state index contributed by atoms with van der Waals surface area (Å²) in [5.41, 5.74) is 2.06. The number of urea groups is 1. The maximum absolute atomic E-state index is 15.0. The van der Waals surface area contributed by atoms with E-state index >= 15 is 0 Å². The first-order chi connectivity index (χ1) is 18.0. The monoisotopic (exact) mass is 584 g/mol. The molecule has 0 saturated carbocycles. The Morgan fingerprint density at radius 3 is 2.26 bits per heavy atom. The van der Waals surface area contributed by atoms with Gasteiger partial charge in [-0.3, -0.25) is 18.9 Å². The number of carbonyl (C=O) groups is 2. The third-order valence-corrected chi connectivity index (χ3v) is 8.64. The molecule has 216 valence electrons. The van der Waals surface area contributed by atoms with Gasteiger partial charge in [-0.25, -0.2) is 14.0 Å². The van der Waals surface area contributed by atoms with Gasteiger partial charge in [0.25, 0.3) is 0 Å². The fourth-order valence-corrected chi connectivity index (χ4v) is 6.29. The second kappa shape index (κ2) is 13.3. The van der Waals surface area contributed by atoms with Gasteiger partial charge in [0.1, 0.15) is 5.82 Å². The zero-order valence-electron chi connectivity index (χ0n) is 22.5. The van der Waals surface area contributed by atoms with Gasteiger partial charge in [-0.05, 0) is 43.7 Å². The molecule has 4 rings (SSSR count). The third-order valence-electron chi connectivity index (χ3n) is 6.97. The largest absolute Gasteiger partial charge is 0.465 e. The molecule has 0 radical (unpaired) electrons. The molecule has 3 N–H and O–H groups in total. The van der Waals surface area contributed by atoms with Gasteiger partial charge in [0.05, 0.1) is 30.7 Å². The number of hydrogen-bond acceptors (Lipinski definition) is 7. The molecule has 2 saturated heterocycles. The number of ether oxygens (including phenoxy) is 1. The second-order valence-electron chi connectivity index (χ2n) is 10.2. The number of anilines is 1. The van der Waals surface area contributed by atoms with E-state index in [0.29, 0.717) is 17.8 Å². The molecular formula is C27H38ClFN4O5S. The van der Waals surface area contributed by atoms with E-state index in [9.17, 15) is 23.1 Å². The van der Waals surface area contributed by atoms with Crippen LogP contribution in [0.5, 0.6) is 0 Å². The van der Waals surface area contributed by atoms with Crippen LogP contribution < -0.4 is 10.2 Å². The van der Waals surface area contributed by atoms with E-state index in [1.807, 2.05) is 24.3 Å². The first-order valence-corrected chi connectivity index (χ1v) is 14.7. The number of halogens is 2. The van der Waals surface area contributed by atoms with Crippen LogP contribution in [0.4, 0.5) is 14.9 Å². The van der Waals surface area contributed by atoms with Crippen LogP contribution >= 0.6 is 23.0 Å². The van der Waals surface area contributed by atoms with Gasteiger partial charge in [0.15, 0.2) is 0 Å². The van der Waals surface area contributed by atoms with Crippen molar-refractivity contribution in [2.24, 2.45) is 0 Å². The lowest BCUT2D eigenvalue weighted by atomic mass is 10.1. The Hall–Kier alpha value is -2.41. The van der Waals surface area contributed by atoms with E-state index in [4.69, 9.17) is 0 Å². The molecule has 0 bridgehead atoms. The van der Waals surface area contributed by atoms with Gasteiger partial charge in [0, 0.05) is 56.1 Å². The Morgan fingerprint density at radius 2 is 1.69 bits per heavy atom. The zero-order chi connectivity index (χ0) is 27.4. The molecule has 2 atom stereocenters. The van der Waals surface area contributed by atoms with Gasteiger partial charge in [-0.1, -0.05) is 18.2 Å². The summed E-state index contributed by atoms with van der Waals surface area (Å²) in [6.45, 7) is 7.40. The van der Waals surface area contributed by atoms with Gasteiger partial charge in [0.2, 0.25) is 0 Å². The van der Waals surface area contributed by atoms with Crippen molar-refractivity contribution < 1.29 is 27.8 Å². The van der Waals surface area contributed by atoms with Crippen molar-refractivity contribution in [3.05, 3.63) is 65.0 Å². The van der Waals surface area contributed by atoms with Gasteiger partial charge in [-0.15, -0.1) is 12.4 Å². The number of methoxy groups -OCH3 is 1. The predicted octanol–water partition coefficient (Wildman–Crippen LogP) is 4.41. The Balaban J connectivity index is 0.00000420. The van der Waals surface area contributed by atoms with Crippen LogP contribution in [0.1, 0.15) is 35.3 Å². The number of nitrogens with one attached hydrogen (secondary N) is 1. The molecule has 12 heteroatoms. The average Bonchev–Trinajstić information content (AvgIpc) is 2.87. The van der Waals surface area contributed by atoms with Crippen LogP contribution in [0.15, 0.2) is 42.5 Å². The minimum atomic E-state index is -2.67. The van der Waals surface area contributed by atoms with Crippen molar-refractivity contribution >= 4 is 40.7 Å². The topological polar surface area (TPSA) is 106 Å². The molecule has 2 amide bonds. The smallest absolute Gasteiger partial charge is 0.337 e. The minimum Gasteiger partial charge on any atom is -0.465 e. The maximum Gasteiger partial charge on any atom is 0.337 e. The predicted molar refractivity (Wildman–Crippen MR) is 155 cm³/mol. The van der Waals surface area contributed by atoms with Crippen LogP contribution in [0.2, 0.25) is 0 Å². The highest BCUT2D eigenvalue weighted by molar-refractivity contribution is 8.24. The van der Waals surface area contributed by atoms with Crippen molar-refractivity contribution in [2.75, 3.05) is 49.7 Å². The first-order valence-electron chi connectivity index (χ1n) is 12.8. The van der Waals surface area contributed by atoms with E-state index < -0.39 is 22.4 Å². The zero-order valence-corrected chi connectivity index (χ0v) is 24.1. The number of nitrogens with zero attached hydrogens (tertiary/aromatic N) is 3. The van der Waals surface area contributed by atoms with E-state index in [1.54, 1.807) is 4.90 Å². The average molecular weight is 585 g/mol. The van der Waals surface area contributed by atoms with Crippen LogP contribution in [-0.4, -0.2) is 87.8 Å². The van der Waals surface area contributed by atoms with Crippen molar-refractivity contribution in [3.63, 3.8) is 0 Å². The normalized spacial score (nSPS) is 21.9. The lowest BCUT2D eigenvalue weighted by Gasteiger charge is -2.42. The number of piperazine rings is 1. The van der Waals surface area contributed by atoms with E-state index in [-0.39, 0.29) is 60.7 Å². The molecule has 39 heavy (non-hydrogen) atoms. The van der Waals surface area contributed by atoms with Crippen molar-refractivity contribution in [1.29, 1.82) is 0 Å². The lowest BCUT2D eigenvalue weighted by Crippen LogP contribution is -2.53. The number of hydrogen-bond donors (Lipinski definition) is 3. The SMILES string of the molecule is COC(=O)c1ccc(CN(C(=O)N2CCS(O)(O)CC2)c2ccc(CN3C[C@@H](C)N[C@@H](C)C3)cc2)c(F)c1.Cl. The van der Waals surface area contributed by atoms with Crippen LogP contribution in [-0.2, 0) is 17.8 Å².